The molecule has 6 nitrogen and oxygen atoms in total. The molecule has 0 fully saturated rings. The highest BCUT2D eigenvalue weighted by molar-refractivity contribution is 7.93. The molecule has 0 amide bonds. The summed E-state index contributed by atoms with van der Waals surface area (Å²) in [6.45, 7) is 3.79. The van der Waals surface area contributed by atoms with E-state index in [0.717, 1.165) is 15.4 Å². The molecular formula is C15H18N2O4S2. The first kappa shape index (κ1) is 17.4. The molecule has 0 N–H and O–H groups in total. The number of nitrogens with zero attached hydrogens (tertiary/aromatic N) is 2. The normalized spacial score (nSPS) is 11.3. The molecule has 0 saturated carbocycles. The summed E-state index contributed by atoms with van der Waals surface area (Å²) >= 11 is 1.17. The third-order valence-electron chi connectivity index (χ3n) is 3.50. The van der Waals surface area contributed by atoms with E-state index in [9.17, 15) is 13.2 Å². The lowest BCUT2D eigenvalue weighted by atomic mass is 10.1. The Morgan fingerprint density at radius 1 is 1.30 bits per heavy atom. The zero-order valence-electron chi connectivity index (χ0n) is 13.4. The summed E-state index contributed by atoms with van der Waals surface area (Å²) in [5.74, 6) is -0.415. The molecule has 1 heterocycles. The molecule has 23 heavy (non-hydrogen) atoms. The smallest absolute Gasteiger partial charge is 0.311 e. The summed E-state index contributed by atoms with van der Waals surface area (Å²) in [5, 5.41) is 1.96. The van der Waals surface area contributed by atoms with E-state index in [2.05, 4.69) is 9.72 Å². The van der Waals surface area contributed by atoms with Crippen LogP contribution in [-0.4, -0.2) is 33.5 Å². The predicted octanol–water partition coefficient (Wildman–Crippen LogP) is 2.30. The van der Waals surface area contributed by atoms with E-state index in [-0.39, 0.29) is 11.3 Å². The van der Waals surface area contributed by atoms with E-state index in [1.54, 1.807) is 23.6 Å². The molecule has 1 aromatic heterocycles. The van der Waals surface area contributed by atoms with Gasteiger partial charge in [-0.1, -0.05) is 6.07 Å². The molecule has 0 aliphatic heterocycles. The SMILES string of the molecule is COC(=O)Cc1csc(N(C)S(=O)(=O)c2ccc(C)c(C)c2)n1. The number of hydrogen-bond acceptors (Lipinski definition) is 6. The summed E-state index contributed by atoms with van der Waals surface area (Å²) in [6, 6.07) is 5.00. The van der Waals surface area contributed by atoms with Crippen LogP contribution in [0.1, 0.15) is 16.8 Å². The van der Waals surface area contributed by atoms with Crippen molar-refractivity contribution < 1.29 is 17.9 Å². The highest BCUT2D eigenvalue weighted by atomic mass is 32.2. The topological polar surface area (TPSA) is 76.6 Å². The highest BCUT2D eigenvalue weighted by Gasteiger charge is 2.24. The van der Waals surface area contributed by atoms with Crippen LogP contribution in [0.4, 0.5) is 5.13 Å². The van der Waals surface area contributed by atoms with E-state index in [1.807, 2.05) is 13.8 Å². The van der Waals surface area contributed by atoms with Crippen LogP contribution in [0.15, 0.2) is 28.5 Å². The number of hydrogen-bond donors (Lipinski definition) is 0. The van der Waals surface area contributed by atoms with Crippen molar-refractivity contribution in [3.05, 3.63) is 40.4 Å². The Labute approximate surface area is 139 Å². The number of benzene rings is 1. The second kappa shape index (κ2) is 6.67. The van der Waals surface area contributed by atoms with Gasteiger partial charge < -0.3 is 4.74 Å². The van der Waals surface area contributed by atoms with Crippen LogP contribution in [0.3, 0.4) is 0 Å². The quantitative estimate of drug-likeness (QED) is 0.770. The van der Waals surface area contributed by atoms with Crippen LogP contribution in [0.2, 0.25) is 0 Å². The van der Waals surface area contributed by atoms with E-state index < -0.39 is 16.0 Å². The maximum atomic E-state index is 12.7. The average molecular weight is 354 g/mol. The van der Waals surface area contributed by atoms with Crippen molar-refractivity contribution in [3.8, 4) is 0 Å². The molecular weight excluding hydrogens is 336 g/mol. The molecule has 0 aliphatic rings. The fourth-order valence-corrected chi connectivity index (χ4v) is 4.13. The Bertz CT molecular complexity index is 828. The van der Waals surface area contributed by atoms with Gasteiger partial charge in [-0.15, -0.1) is 11.3 Å². The number of rotatable bonds is 5. The van der Waals surface area contributed by atoms with Gasteiger partial charge in [-0.25, -0.2) is 17.7 Å². The molecule has 0 radical (unpaired) electrons. The van der Waals surface area contributed by atoms with Crippen molar-refractivity contribution in [2.45, 2.75) is 25.2 Å². The van der Waals surface area contributed by atoms with Crippen LogP contribution < -0.4 is 4.31 Å². The van der Waals surface area contributed by atoms with E-state index in [4.69, 9.17) is 0 Å². The van der Waals surface area contributed by atoms with Crippen molar-refractivity contribution in [1.29, 1.82) is 0 Å². The van der Waals surface area contributed by atoms with E-state index >= 15 is 0 Å². The molecule has 0 bridgehead atoms. The molecule has 124 valence electrons. The number of ether oxygens (including phenoxy) is 1. The number of thiazole rings is 1. The zero-order valence-corrected chi connectivity index (χ0v) is 15.0. The van der Waals surface area contributed by atoms with Crippen molar-refractivity contribution in [1.82, 2.24) is 4.98 Å². The number of anilines is 1. The fourth-order valence-electron chi connectivity index (χ4n) is 1.88. The van der Waals surface area contributed by atoms with E-state index in [0.29, 0.717) is 10.8 Å². The molecule has 2 aromatic rings. The molecule has 0 spiro atoms. The highest BCUT2D eigenvalue weighted by Crippen LogP contribution is 2.26. The summed E-state index contributed by atoms with van der Waals surface area (Å²) in [4.78, 5) is 15.7. The van der Waals surface area contributed by atoms with Gasteiger partial charge in [0.25, 0.3) is 10.0 Å². The minimum Gasteiger partial charge on any atom is -0.469 e. The first-order valence-electron chi connectivity index (χ1n) is 6.83. The minimum absolute atomic E-state index is 0.0184. The van der Waals surface area contributed by atoms with Gasteiger partial charge in [0.05, 0.1) is 24.1 Å². The van der Waals surface area contributed by atoms with Crippen molar-refractivity contribution in [3.63, 3.8) is 0 Å². The lowest BCUT2D eigenvalue weighted by Gasteiger charge is -2.17. The largest absolute Gasteiger partial charge is 0.469 e. The Kier molecular flexibility index (Phi) is 5.06. The minimum atomic E-state index is -3.69. The maximum absolute atomic E-state index is 12.7. The Morgan fingerprint density at radius 2 is 2.00 bits per heavy atom. The van der Waals surface area contributed by atoms with Crippen LogP contribution in [0.5, 0.6) is 0 Å². The van der Waals surface area contributed by atoms with E-state index in [1.165, 1.54) is 25.5 Å². The van der Waals surface area contributed by atoms with Gasteiger partial charge in [-0.2, -0.15) is 0 Å². The fraction of sp³-hybridized carbons (Fsp3) is 0.333. The van der Waals surface area contributed by atoms with Crippen LogP contribution in [0, 0.1) is 13.8 Å². The number of carbonyl (C=O) groups is 1. The monoisotopic (exact) mass is 354 g/mol. The summed E-state index contributed by atoms with van der Waals surface area (Å²) in [5.41, 5.74) is 2.42. The lowest BCUT2D eigenvalue weighted by Crippen LogP contribution is -2.26. The molecule has 8 heteroatoms. The number of carbonyl (C=O) groups excluding carboxylic acids is 1. The summed E-state index contributed by atoms with van der Waals surface area (Å²) in [7, 11) is -0.940. The summed E-state index contributed by atoms with van der Waals surface area (Å²) in [6.07, 6.45) is 0.0184. The molecule has 1 aromatic carbocycles. The molecule has 0 aliphatic carbocycles. The van der Waals surface area contributed by atoms with Gasteiger partial charge >= 0.3 is 5.97 Å². The van der Waals surface area contributed by atoms with Gasteiger partial charge in [0.2, 0.25) is 0 Å². The van der Waals surface area contributed by atoms with Gasteiger partial charge in [-0.05, 0) is 37.1 Å². The lowest BCUT2D eigenvalue weighted by molar-refractivity contribution is -0.139. The number of sulfonamides is 1. The molecule has 0 unspecified atom stereocenters. The first-order chi connectivity index (χ1) is 10.8. The van der Waals surface area contributed by atoms with Crippen LogP contribution >= 0.6 is 11.3 Å². The van der Waals surface area contributed by atoms with Crippen molar-refractivity contribution >= 4 is 32.5 Å². The van der Waals surface area contributed by atoms with Crippen molar-refractivity contribution in [2.24, 2.45) is 0 Å². The Morgan fingerprint density at radius 3 is 2.61 bits per heavy atom. The maximum Gasteiger partial charge on any atom is 0.311 e. The van der Waals surface area contributed by atoms with Crippen molar-refractivity contribution in [2.75, 3.05) is 18.5 Å². The van der Waals surface area contributed by atoms with Gasteiger partial charge in [0, 0.05) is 12.4 Å². The number of aryl methyl sites for hydroxylation is 2. The predicted molar refractivity (Wildman–Crippen MR) is 89.3 cm³/mol. The Hall–Kier alpha value is -1.93. The number of esters is 1. The second-order valence-corrected chi connectivity index (χ2v) is 7.90. The number of aromatic nitrogens is 1. The molecule has 0 atom stereocenters. The standard InChI is InChI=1S/C15H18N2O4S2/c1-10-5-6-13(7-11(10)2)23(19,20)17(3)15-16-12(9-22-15)8-14(18)21-4/h5-7,9H,8H2,1-4H3. The third kappa shape index (κ3) is 3.70. The first-order valence-corrected chi connectivity index (χ1v) is 9.15. The van der Waals surface area contributed by atoms with Gasteiger partial charge in [0.15, 0.2) is 5.13 Å². The second-order valence-electron chi connectivity index (χ2n) is 5.09. The molecule has 0 saturated heterocycles. The molecule has 2 rings (SSSR count). The van der Waals surface area contributed by atoms with Crippen LogP contribution in [0.25, 0.3) is 0 Å². The van der Waals surface area contributed by atoms with Gasteiger partial charge in [0.1, 0.15) is 0 Å². The number of methoxy groups -OCH3 is 1. The average Bonchev–Trinajstić information content (AvgIpc) is 2.97. The Balaban J connectivity index is 2.29. The zero-order chi connectivity index (χ0) is 17.2. The van der Waals surface area contributed by atoms with Gasteiger partial charge in [-0.3, -0.25) is 4.79 Å². The third-order valence-corrected chi connectivity index (χ3v) is 6.32. The summed E-state index contributed by atoms with van der Waals surface area (Å²) < 4.78 is 31.1. The van der Waals surface area contributed by atoms with Crippen LogP contribution in [-0.2, 0) is 26.0 Å².